The molecule has 0 bridgehead atoms. The van der Waals surface area contributed by atoms with Crippen molar-refractivity contribution in [2.75, 3.05) is 9.80 Å². The quantitative estimate of drug-likeness (QED) is 0.130. The summed E-state index contributed by atoms with van der Waals surface area (Å²) in [4.78, 5) is 10.4. The number of nitrogens with zero attached hydrogens (tertiary/aromatic N) is 4. The molecule has 0 N–H and O–H groups in total. The Morgan fingerprint density at radius 2 is 0.843 bits per heavy atom. The van der Waals surface area contributed by atoms with Crippen LogP contribution >= 0.6 is 0 Å². The third-order valence-electron chi connectivity index (χ3n) is 15.4. The molecule has 0 unspecified atom stereocenters. The minimum atomic E-state index is -0.0415. The summed E-state index contributed by atoms with van der Waals surface area (Å²) >= 11 is 0. The lowest BCUT2D eigenvalue weighted by atomic mass is 9.33. The molecule has 10 aromatic rings. The van der Waals surface area contributed by atoms with Gasteiger partial charge in [0.15, 0.2) is 0 Å². The summed E-state index contributed by atoms with van der Waals surface area (Å²) in [7, 11) is 0. The Morgan fingerprint density at radius 3 is 1.36 bits per heavy atom. The molecule has 0 radical (unpaired) electrons. The van der Waals surface area contributed by atoms with Crippen molar-refractivity contribution < 1.29 is 0 Å². The van der Waals surface area contributed by atoms with Crippen LogP contribution in [0.15, 0.2) is 164 Å². The van der Waals surface area contributed by atoms with Gasteiger partial charge < -0.3 is 9.80 Å². The lowest BCUT2D eigenvalue weighted by molar-refractivity contribution is 0.590. The highest BCUT2D eigenvalue weighted by atomic mass is 15.2. The molecule has 5 heteroatoms. The number of fused-ring (bicyclic) bond motifs is 12. The molecule has 0 saturated heterocycles. The van der Waals surface area contributed by atoms with Crippen molar-refractivity contribution >= 4 is 95.6 Å². The Bertz CT molecular complexity index is 3610. The molecule has 0 atom stereocenters. The summed E-state index contributed by atoms with van der Waals surface area (Å²) in [5, 5.41) is 3.58. The van der Waals surface area contributed by atoms with Crippen LogP contribution in [0.3, 0.4) is 0 Å². The number of aromatic nitrogens is 2. The van der Waals surface area contributed by atoms with Crippen LogP contribution in [0.5, 0.6) is 0 Å². The van der Waals surface area contributed by atoms with E-state index in [0.29, 0.717) is 0 Å². The van der Waals surface area contributed by atoms with Gasteiger partial charge in [0.1, 0.15) is 5.65 Å². The highest BCUT2D eigenvalue weighted by Crippen LogP contribution is 2.48. The molecule has 70 heavy (non-hydrogen) atoms. The minimum absolute atomic E-state index is 0.0104. The average molecular weight is 911 g/mol. The summed E-state index contributed by atoms with van der Waals surface area (Å²) < 4.78 is 2.38. The number of imidazole rings is 1. The highest BCUT2D eigenvalue weighted by Gasteiger charge is 2.44. The molecule has 8 aromatic carbocycles. The normalized spacial score (nSPS) is 13.9. The van der Waals surface area contributed by atoms with Gasteiger partial charge in [-0.1, -0.05) is 180 Å². The van der Waals surface area contributed by atoms with Gasteiger partial charge in [-0.05, 0) is 144 Å². The van der Waals surface area contributed by atoms with Gasteiger partial charge in [0.05, 0.1) is 16.6 Å². The zero-order chi connectivity index (χ0) is 48.8. The van der Waals surface area contributed by atoms with Gasteiger partial charge in [-0.25, -0.2) is 4.98 Å². The summed E-state index contributed by atoms with van der Waals surface area (Å²) in [6.07, 6.45) is 0. The van der Waals surface area contributed by atoms with E-state index in [2.05, 4.69) is 261 Å². The molecule has 346 valence electrons. The van der Waals surface area contributed by atoms with Crippen LogP contribution in [-0.2, 0) is 21.7 Å². The van der Waals surface area contributed by atoms with Crippen molar-refractivity contribution in [2.24, 2.45) is 0 Å². The SMILES string of the molecule is CC(C)(C)c1ccc(N2c3ccc(C(C)(C)C)cc3B3c4cc(C(C)(C)C)ccc4N(c4ccc(C(C)(C)C)cc4)c4cc(-c5ccc6c7ccccc7c7nc8ccccc8n7c6c5)cc2c43)cc1. The van der Waals surface area contributed by atoms with E-state index in [1.54, 1.807) is 0 Å². The lowest BCUT2D eigenvalue weighted by Gasteiger charge is -2.45. The van der Waals surface area contributed by atoms with Crippen molar-refractivity contribution in [1.29, 1.82) is 0 Å². The minimum Gasteiger partial charge on any atom is -0.311 e. The van der Waals surface area contributed by atoms with Crippen LogP contribution in [-0.4, -0.2) is 16.1 Å². The molecule has 0 amide bonds. The first-order valence-electron chi connectivity index (χ1n) is 25.2. The van der Waals surface area contributed by atoms with Crippen molar-refractivity contribution in [3.63, 3.8) is 0 Å². The van der Waals surface area contributed by atoms with Gasteiger partial charge in [-0.2, -0.15) is 0 Å². The van der Waals surface area contributed by atoms with Gasteiger partial charge in [-0.3, -0.25) is 4.40 Å². The van der Waals surface area contributed by atoms with Crippen molar-refractivity contribution in [3.8, 4) is 11.1 Å². The molecular formula is C65H63BN4. The van der Waals surface area contributed by atoms with Gasteiger partial charge in [-0.15, -0.1) is 0 Å². The number of para-hydroxylation sites is 2. The predicted molar refractivity (Wildman–Crippen MR) is 302 cm³/mol. The van der Waals surface area contributed by atoms with E-state index in [9.17, 15) is 0 Å². The van der Waals surface area contributed by atoms with Crippen LogP contribution in [0.1, 0.15) is 105 Å². The zero-order valence-corrected chi connectivity index (χ0v) is 43.0. The van der Waals surface area contributed by atoms with Crippen LogP contribution in [0.2, 0.25) is 0 Å². The maximum absolute atomic E-state index is 5.26. The molecule has 2 aromatic heterocycles. The molecule has 4 nitrogen and oxygen atoms in total. The van der Waals surface area contributed by atoms with Crippen LogP contribution in [0.25, 0.3) is 49.5 Å². The van der Waals surface area contributed by atoms with E-state index >= 15 is 0 Å². The van der Waals surface area contributed by atoms with Gasteiger partial charge in [0.25, 0.3) is 6.71 Å². The number of pyridine rings is 1. The maximum Gasteiger partial charge on any atom is 0.252 e. The first kappa shape index (κ1) is 44.1. The Balaban J connectivity index is 1.20. The van der Waals surface area contributed by atoms with Gasteiger partial charge in [0.2, 0.25) is 0 Å². The molecular weight excluding hydrogens is 848 g/mol. The molecule has 2 aliphatic heterocycles. The topological polar surface area (TPSA) is 23.8 Å². The fraction of sp³-hybridized carbons (Fsp3) is 0.246. The fourth-order valence-corrected chi connectivity index (χ4v) is 11.4. The van der Waals surface area contributed by atoms with Gasteiger partial charge >= 0.3 is 0 Å². The first-order valence-corrected chi connectivity index (χ1v) is 25.2. The van der Waals surface area contributed by atoms with E-state index in [1.807, 2.05) is 0 Å². The Labute approximate surface area is 414 Å². The van der Waals surface area contributed by atoms with Crippen LogP contribution < -0.4 is 26.2 Å². The van der Waals surface area contributed by atoms with E-state index in [0.717, 1.165) is 50.1 Å². The second-order valence-corrected chi connectivity index (χ2v) is 24.2. The Hall–Kier alpha value is -7.11. The summed E-state index contributed by atoms with van der Waals surface area (Å²) in [5.41, 5.74) is 23.0. The maximum atomic E-state index is 5.26. The number of benzene rings is 8. The second-order valence-electron chi connectivity index (χ2n) is 24.2. The average Bonchev–Trinajstić information content (AvgIpc) is 3.73. The number of hydrogen-bond donors (Lipinski definition) is 0. The Kier molecular flexibility index (Phi) is 9.58. The van der Waals surface area contributed by atoms with Gasteiger partial charge in [0, 0.05) is 44.9 Å². The second kappa shape index (κ2) is 15.2. The van der Waals surface area contributed by atoms with Crippen molar-refractivity contribution in [3.05, 3.63) is 186 Å². The molecule has 0 saturated carbocycles. The molecule has 0 fully saturated rings. The zero-order valence-electron chi connectivity index (χ0n) is 43.0. The smallest absolute Gasteiger partial charge is 0.252 e. The van der Waals surface area contributed by atoms with Crippen LogP contribution in [0, 0.1) is 0 Å². The standard InChI is InChI=1S/C65H63BN4/c1-62(2,3)42-22-28-46(29-23-42)68-54-33-26-44(64(7,8)9)38-51(54)66-52-39-45(65(10,11)12)27-34-55(52)69(47-30-24-43(25-31-47)63(4,5)6)59-37-41(36-58(68)60(59)66)40-21-32-49-48-17-13-14-18-50(48)61-67-53-19-15-16-20-56(53)70(61)57(49)35-40/h13-39H,1-12H3. The van der Waals surface area contributed by atoms with E-state index < -0.39 is 0 Å². The van der Waals surface area contributed by atoms with E-state index in [4.69, 9.17) is 4.98 Å². The molecule has 12 rings (SSSR count). The number of anilines is 6. The summed E-state index contributed by atoms with van der Waals surface area (Å²) in [6, 6.07) is 62.8. The third kappa shape index (κ3) is 6.90. The monoisotopic (exact) mass is 911 g/mol. The largest absolute Gasteiger partial charge is 0.311 e. The summed E-state index contributed by atoms with van der Waals surface area (Å²) in [6.45, 7) is 27.8. The fourth-order valence-electron chi connectivity index (χ4n) is 11.4. The first-order chi connectivity index (χ1) is 33.2. The predicted octanol–water partition coefficient (Wildman–Crippen LogP) is 15.7. The summed E-state index contributed by atoms with van der Waals surface area (Å²) in [5.74, 6) is 0. The van der Waals surface area contributed by atoms with E-state index in [-0.39, 0.29) is 28.4 Å². The molecule has 4 heterocycles. The van der Waals surface area contributed by atoms with Crippen molar-refractivity contribution in [2.45, 2.75) is 105 Å². The van der Waals surface area contributed by atoms with Crippen molar-refractivity contribution in [1.82, 2.24) is 9.38 Å². The molecule has 0 aliphatic carbocycles. The third-order valence-corrected chi connectivity index (χ3v) is 15.4. The lowest BCUT2D eigenvalue weighted by Crippen LogP contribution is -2.61. The number of hydrogen-bond acceptors (Lipinski definition) is 3. The molecule has 2 aliphatic rings. The van der Waals surface area contributed by atoms with E-state index in [1.165, 1.54) is 72.2 Å². The Morgan fingerprint density at radius 1 is 0.371 bits per heavy atom. The highest BCUT2D eigenvalue weighted by molar-refractivity contribution is 7.00. The molecule has 0 spiro atoms. The van der Waals surface area contributed by atoms with Crippen LogP contribution in [0.4, 0.5) is 34.1 Å². The number of rotatable bonds is 3.